The number of ether oxygens (including phenoxy) is 2. The molecule has 0 radical (unpaired) electrons. The molecule has 0 amide bonds. The smallest absolute Gasteiger partial charge is 0.132 e. The lowest BCUT2D eigenvalue weighted by molar-refractivity contribution is 0.338. The largest absolute Gasteiger partial charge is 0.494 e. The number of halogens is 2. The number of rotatable bonds is 5. The molecule has 0 saturated carbocycles. The third-order valence-electron chi connectivity index (χ3n) is 2.51. The Kier molecular flexibility index (Phi) is 4.63. The van der Waals surface area contributed by atoms with Crippen LogP contribution >= 0.6 is 11.6 Å². The second-order valence-corrected chi connectivity index (χ2v) is 4.16. The van der Waals surface area contributed by atoms with Gasteiger partial charge in [-0.1, -0.05) is 6.07 Å². The maximum absolute atomic E-state index is 13.1. The normalized spacial score (nSPS) is 10.3. The van der Waals surface area contributed by atoms with Crippen LogP contribution in [0.4, 0.5) is 4.39 Å². The first-order valence-electron chi connectivity index (χ1n) is 5.98. The Morgan fingerprint density at radius 2 is 1.89 bits per heavy atom. The summed E-state index contributed by atoms with van der Waals surface area (Å²) in [4.78, 5) is 0. The van der Waals surface area contributed by atoms with Gasteiger partial charge in [-0.05, 0) is 37.3 Å². The van der Waals surface area contributed by atoms with Crippen LogP contribution in [0.5, 0.6) is 17.2 Å². The third kappa shape index (κ3) is 3.61. The van der Waals surface area contributed by atoms with Crippen molar-refractivity contribution < 1.29 is 13.9 Å². The molecule has 2 aromatic rings. The summed E-state index contributed by atoms with van der Waals surface area (Å²) in [7, 11) is 0. The second-order valence-electron chi connectivity index (χ2n) is 3.90. The molecule has 2 aromatic carbocycles. The molecule has 0 aromatic heterocycles. The highest BCUT2D eigenvalue weighted by atomic mass is 35.5. The average molecular weight is 281 g/mol. The van der Waals surface area contributed by atoms with E-state index in [0.717, 1.165) is 5.75 Å². The minimum Gasteiger partial charge on any atom is -0.494 e. The van der Waals surface area contributed by atoms with E-state index in [-0.39, 0.29) is 11.7 Å². The Hall–Kier alpha value is -1.74. The zero-order chi connectivity index (χ0) is 13.7. The maximum atomic E-state index is 13.1. The van der Waals surface area contributed by atoms with Crippen LogP contribution < -0.4 is 9.47 Å². The first kappa shape index (κ1) is 13.7. The zero-order valence-electron chi connectivity index (χ0n) is 10.5. The molecule has 0 bridgehead atoms. The molecule has 4 heteroatoms. The van der Waals surface area contributed by atoms with Crippen LogP contribution in [0, 0.1) is 5.82 Å². The number of alkyl halides is 1. The minimum absolute atomic E-state index is 0.193. The molecular formula is C15H14ClFO2. The molecule has 100 valence electrons. The maximum Gasteiger partial charge on any atom is 0.132 e. The average Bonchev–Trinajstić information content (AvgIpc) is 2.41. The van der Waals surface area contributed by atoms with E-state index in [0.29, 0.717) is 23.7 Å². The fraction of sp³-hybridized carbons (Fsp3) is 0.200. The Morgan fingerprint density at radius 3 is 2.63 bits per heavy atom. The second kappa shape index (κ2) is 6.43. The van der Waals surface area contributed by atoms with Gasteiger partial charge in [0.2, 0.25) is 0 Å². The Labute approximate surface area is 116 Å². The zero-order valence-corrected chi connectivity index (χ0v) is 11.3. The van der Waals surface area contributed by atoms with Gasteiger partial charge in [0.05, 0.1) is 12.5 Å². The minimum atomic E-state index is -0.328. The van der Waals surface area contributed by atoms with E-state index < -0.39 is 0 Å². The summed E-state index contributed by atoms with van der Waals surface area (Å²) in [6.07, 6.45) is 0. The molecule has 19 heavy (non-hydrogen) atoms. The Balaban J connectivity index is 2.23. The first-order valence-corrected chi connectivity index (χ1v) is 6.51. The van der Waals surface area contributed by atoms with E-state index in [9.17, 15) is 4.39 Å². The first-order chi connectivity index (χ1) is 9.22. The summed E-state index contributed by atoms with van der Waals surface area (Å²) in [5, 5.41) is 0. The van der Waals surface area contributed by atoms with Crippen LogP contribution in [0.15, 0.2) is 42.5 Å². The molecule has 0 aliphatic carbocycles. The van der Waals surface area contributed by atoms with Gasteiger partial charge in [-0.15, -0.1) is 11.6 Å². The van der Waals surface area contributed by atoms with Crippen molar-refractivity contribution in [2.45, 2.75) is 12.8 Å². The van der Waals surface area contributed by atoms with Crippen LogP contribution in [0.25, 0.3) is 0 Å². The highest BCUT2D eigenvalue weighted by molar-refractivity contribution is 6.17. The molecule has 0 fully saturated rings. The lowest BCUT2D eigenvalue weighted by Crippen LogP contribution is -1.93. The number of benzene rings is 2. The van der Waals surface area contributed by atoms with Gasteiger partial charge in [-0.25, -0.2) is 4.39 Å². The van der Waals surface area contributed by atoms with Crippen molar-refractivity contribution in [3.63, 3.8) is 0 Å². The van der Waals surface area contributed by atoms with Gasteiger partial charge in [0.25, 0.3) is 0 Å². The van der Waals surface area contributed by atoms with E-state index >= 15 is 0 Å². The van der Waals surface area contributed by atoms with Crippen LogP contribution in [0.1, 0.15) is 12.5 Å². The van der Waals surface area contributed by atoms with Crippen molar-refractivity contribution in [1.82, 2.24) is 0 Å². The highest BCUT2D eigenvalue weighted by Crippen LogP contribution is 2.29. The standard InChI is InChI=1S/C15H14ClFO2/c1-2-18-13-4-3-5-14(9-13)19-15-7-6-12(17)8-11(15)10-16/h3-9H,2,10H2,1H3. The van der Waals surface area contributed by atoms with Crippen molar-refractivity contribution in [2.24, 2.45) is 0 Å². The molecule has 2 rings (SSSR count). The van der Waals surface area contributed by atoms with Crippen LogP contribution in [0.2, 0.25) is 0 Å². The SMILES string of the molecule is CCOc1cccc(Oc2ccc(F)cc2CCl)c1. The fourth-order valence-electron chi connectivity index (χ4n) is 1.67. The van der Waals surface area contributed by atoms with Gasteiger partial charge in [0.15, 0.2) is 0 Å². The monoisotopic (exact) mass is 280 g/mol. The van der Waals surface area contributed by atoms with Gasteiger partial charge >= 0.3 is 0 Å². The van der Waals surface area contributed by atoms with Crippen molar-refractivity contribution in [1.29, 1.82) is 0 Å². The molecule has 0 heterocycles. The summed E-state index contributed by atoms with van der Waals surface area (Å²) in [6.45, 7) is 2.51. The van der Waals surface area contributed by atoms with Crippen molar-refractivity contribution in [3.8, 4) is 17.2 Å². The van der Waals surface area contributed by atoms with Crippen molar-refractivity contribution in [2.75, 3.05) is 6.61 Å². The summed E-state index contributed by atoms with van der Waals surface area (Å²) >= 11 is 5.78. The highest BCUT2D eigenvalue weighted by Gasteiger charge is 2.06. The van der Waals surface area contributed by atoms with Crippen molar-refractivity contribution >= 4 is 11.6 Å². The molecule has 0 saturated heterocycles. The topological polar surface area (TPSA) is 18.5 Å². The van der Waals surface area contributed by atoms with Crippen LogP contribution in [0.3, 0.4) is 0 Å². The number of hydrogen-bond donors (Lipinski definition) is 0. The summed E-state index contributed by atoms with van der Waals surface area (Å²) in [5.41, 5.74) is 0.614. The Morgan fingerprint density at radius 1 is 1.11 bits per heavy atom. The number of hydrogen-bond acceptors (Lipinski definition) is 2. The molecule has 0 N–H and O–H groups in total. The van der Waals surface area contributed by atoms with Gasteiger partial charge in [-0.3, -0.25) is 0 Å². The van der Waals surface area contributed by atoms with E-state index in [4.69, 9.17) is 21.1 Å². The molecule has 0 spiro atoms. The Bertz CT molecular complexity index is 558. The van der Waals surface area contributed by atoms with E-state index in [2.05, 4.69) is 0 Å². The predicted molar refractivity (Wildman–Crippen MR) is 73.6 cm³/mol. The van der Waals surface area contributed by atoms with Gasteiger partial charge in [0, 0.05) is 11.6 Å². The molecule has 0 atom stereocenters. The van der Waals surface area contributed by atoms with Crippen molar-refractivity contribution in [3.05, 3.63) is 53.8 Å². The molecular weight excluding hydrogens is 267 g/mol. The molecule has 2 nitrogen and oxygen atoms in total. The quantitative estimate of drug-likeness (QED) is 0.736. The predicted octanol–water partition coefficient (Wildman–Crippen LogP) is 4.76. The summed E-state index contributed by atoms with van der Waals surface area (Å²) in [6, 6.07) is 11.6. The lowest BCUT2D eigenvalue weighted by atomic mass is 10.2. The van der Waals surface area contributed by atoms with E-state index in [1.807, 2.05) is 25.1 Å². The van der Waals surface area contributed by atoms with E-state index in [1.54, 1.807) is 12.1 Å². The van der Waals surface area contributed by atoms with Gasteiger partial charge < -0.3 is 9.47 Å². The molecule has 0 aliphatic heterocycles. The fourth-order valence-corrected chi connectivity index (χ4v) is 1.88. The van der Waals surface area contributed by atoms with Crippen LogP contribution in [-0.4, -0.2) is 6.61 Å². The van der Waals surface area contributed by atoms with Crippen LogP contribution in [-0.2, 0) is 5.88 Å². The third-order valence-corrected chi connectivity index (χ3v) is 2.80. The molecule has 0 unspecified atom stereocenters. The van der Waals surface area contributed by atoms with Gasteiger partial charge in [-0.2, -0.15) is 0 Å². The summed E-state index contributed by atoms with van der Waals surface area (Å²) in [5.74, 6) is 1.77. The van der Waals surface area contributed by atoms with Gasteiger partial charge in [0.1, 0.15) is 23.1 Å². The summed E-state index contributed by atoms with van der Waals surface area (Å²) < 4.78 is 24.2. The van der Waals surface area contributed by atoms with E-state index in [1.165, 1.54) is 12.1 Å². The lowest BCUT2D eigenvalue weighted by Gasteiger charge is -2.11. The molecule has 0 aliphatic rings.